The molecule has 2 unspecified atom stereocenters. The van der Waals surface area contributed by atoms with E-state index in [2.05, 4.69) is 137 Å². The van der Waals surface area contributed by atoms with Crippen molar-refractivity contribution in [2.75, 3.05) is 0 Å². The molecule has 3 aliphatic rings. The van der Waals surface area contributed by atoms with E-state index in [1.54, 1.807) is 47.2 Å². The summed E-state index contributed by atoms with van der Waals surface area (Å²) in [4.78, 5) is 0. The number of rotatable bonds is 12. The molecule has 0 saturated carbocycles. The van der Waals surface area contributed by atoms with Crippen LogP contribution in [0, 0.1) is 0 Å². The first-order valence-corrected chi connectivity index (χ1v) is 24.2. The third-order valence-electron chi connectivity index (χ3n) is 11.2. The van der Waals surface area contributed by atoms with Gasteiger partial charge in [0, 0.05) is 9.52 Å². The molecule has 0 aromatic heterocycles. The van der Waals surface area contributed by atoms with E-state index in [0.717, 1.165) is 12.8 Å². The van der Waals surface area contributed by atoms with Gasteiger partial charge in [-0.3, -0.25) is 0 Å². The Kier molecular flexibility index (Phi) is 12.4. The van der Waals surface area contributed by atoms with E-state index in [4.69, 9.17) is 0 Å². The summed E-state index contributed by atoms with van der Waals surface area (Å²) in [6.07, 6.45) is 15.9. The van der Waals surface area contributed by atoms with Gasteiger partial charge in [-0.05, 0) is 0 Å². The van der Waals surface area contributed by atoms with Crippen LogP contribution >= 0.6 is 0 Å². The molecule has 2 heteroatoms. The van der Waals surface area contributed by atoms with E-state index in [-0.39, 0.29) is 0 Å². The van der Waals surface area contributed by atoms with Crippen molar-refractivity contribution in [3.63, 3.8) is 0 Å². The maximum absolute atomic E-state index is 2.62. The molecule has 2 aliphatic carbocycles. The second-order valence-electron chi connectivity index (χ2n) is 14.2. The van der Waals surface area contributed by atoms with Gasteiger partial charge in [0.25, 0.3) is 0 Å². The monoisotopic (exact) mass is 726 g/mol. The molecule has 1 saturated heterocycles. The topological polar surface area (TPSA) is 0 Å². The van der Waals surface area contributed by atoms with E-state index in [9.17, 15) is 0 Å². The van der Waals surface area contributed by atoms with E-state index in [0.29, 0.717) is 24.5 Å². The SMILES string of the molecule is C1CC[SiH2]C1.CCC[CH2][Zr][C](CCC)(C1C(CC)=Cc2c(-c3ccccc3)cccc21)C1C(CC)=Cc2c(-c3ccccc3)cccc21. The molecule has 48 heavy (non-hydrogen) atoms. The van der Waals surface area contributed by atoms with Gasteiger partial charge >= 0.3 is 273 Å². The number of hydrogen-bond donors (Lipinski definition) is 0. The standard InChI is InChI=1S/C38H37.C4H10Si.C4H9.Zr/c1-4-15-34(37-26(5-2)24-35-30(20-13-22-32(35)37)28-16-9-7-10-17-28)38-27(6-3)25-36-31(21-14-23-33(36)38)29-18-11-8-12-19-29;1-2-4-5-3-1;1-3-4-2;/h7-14,16-25,37-38H,4-6,15H2,1-3H3;1-5H2;1,3-4H2,2H3;. The van der Waals surface area contributed by atoms with Crippen molar-refractivity contribution in [2.45, 2.75) is 110 Å². The first kappa shape index (κ1) is 35.3. The van der Waals surface area contributed by atoms with Gasteiger partial charge in [-0.1, -0.05) is 24.9 Å². The summed E-state index contributed by atoms with van der Waals surface area (Å²) in [7, 11) is 0.543. The second-order valence-corrected chi connectivity index (χ2v) is 20.7. The van der Waals surface area contributed by atoms with Crippen molar-refractivity contribution in [2.24, 2.45) is 0 Å². The number of hydrogen-bond acceptors (Lipinski definition) is 0. The van der Waals surface area contributed by atoms with Crippen molar-refractivity contribution in [1.82, 2.24) is 0 Å². The third-order valence-corrected chi connectivity index (χ3v) is 18.4. The Morgan fingerprint density at radius 3 is 1.50 bits per heavy atom. The molecule has 1 fully saturated rings. The molecular weight excluding hydrogens is 672 g/mol. The molecule has 0 bridgehead atoms. The van der Waals surface area contributed by atoms with Crippen LogP contribution in [0.15, 0.2) is 108 Å². The summed E-state index contributed by atoms with van der Waals surface area (Å²) in [5.74, 6) is 1.01. The van der Waals surface area contributed by atoms with Gasteiger partial charge in [0.15, 0.2) is 0 Å². The van der Waals surface area contributed by atoms with E-state index in [1.165, 1.54) is 63.2 Å². The average molecular weight is 728 g/mol. The zero-order chi connectivity index (χ0) is 33.3. The van der Waals surface area contributed by atoms with Gasteiger partial charge in [-0.2, -0.15) is 0 Å². The third kappa shape index (κ3) is 7.18. The molecule has 7 rings (SSSR count). The van der Waals surface area contributed by atoms with Gasteiger partial charge in [0.2, 0.25) is 0 Å². The zero-order valence-corrected chi connectivity index (χ0v) is 33.9. The summed E-state index contributed by atoms with van der Waals surface area (Å²) in [6.45, 7) is 9.65. The van der Waals surface area contributed by atoms with Crippen LogP contribution in [0.2, 0.25) is 19.3 Å². The zero-order valence-electron chi connectivity index (χ0n) is 30.0. The van der Waals surface area contributed by atoms with Crippen LogP contribution in [0.3, 0.4) is 0 Å². The molecule has 248 valence electrons. The maximum atomic E-state index is 2.62. The van der Waals surface area contributed by atoms with Crippen LogP contribution in [0.25, 0.3) is 34.4 Å². The molecule has 0 spiro atoms. The minimum atomic E-state index is -0.841. The van der Waals surface area contributed by atoms with Gasteiger partial charge in [0.05, 0.1) is 0 Å². The summed E-state index contributed by atoms with van der Waals surface area (Å²) in [6, 6.07) is 39.8. The predicted molar refractivity (Wildman–Crippen MR) is 210 cm³/mol. The quantitative estimate of drug-likeness (QED) is 0.101. The molecule has 4 aromatic rings. The molecular formula is C46H56SiZr. The molecule has 0 radical (unpaired) electrons. The summed E-state index contributed by atoms with van der Waals surface area (Å²) < 4.78 is 1.76. The van der Waals surface area contributed by atoms with Crippen molar-refractivity contribution in [3.8, 4) is 22.3 Å². The van der Waals surface area contributed by atoms with Gasteiger partial charge in [-0.15, -0.1) is 0 Å². The Morgan fingerprint density at radius 1 is 0.604 bits per heavy atom. The number of benzene rings is 4. The van der Waals surface area contributed by atoms with Crippen molar-refractivity contribution in [1.29, 1.82) is 0 Å². The van der Waals surface area contributed by atoms with Crippen LogP contribution in [0.1, 0.15) is 113 Å². The van der Waals surface area contributed by atoms with E-state index >= 15 is 0 Å². The van der Waals surface area contributed by atoms with Crippen LogP contribution in [-0.4, -0.2) is 9.52 Å². The Hall–Kier alpha value is -2.54. The fourth-order valence-electron chi connectivity index (χ4n) is 9.04. The van der Waals surface area contributed by atoms with Crippen LogP contribution in [0.5, 0.6) is 0 Å². The van der Waals surface area contributed by atoms with Crippen LogP contribution in [-0.2, 0) is 23.2 Å². The predicted octanol–water partition coefficient (Wildman–Crippen LogP) is 13.5. The Labute approximate surface area is 306 Å². The number of fused-ring (bicyclic) bond motifs is 2. The molecule has 1 heterocycles. The molecule has 1 aliphatic heterocycles. The summed E-state index contributed by atoms with van der Waals surface area (Å²) in [5, 5.41) is 0. The number of unbranched alkanes of at least 4 members (excludes halogenated alkanes) is 1. The van der Waals surface area contributed by atoms with Crippen molar-refractivity contribution >= 4 is 21.7 Å². The Bertz CT molecular complexity index is 1570. The summed E-state index contributed by atoms with van der Waals surface area (Å²) >= 11 is -0.841. The fourth-order valence-corrected chi connectivity index (χ4v) is 17.0. The molecule has 4 aromatic carbocycles. The normalized spacial score (nSPS) is 19.0. The summed E-state index contributed by atoms with van der Waals surface area (Å²) in [5.41, 5.74) is 15.0. The first-order valence-electron chi connectivity index (χ1n) is 19.2. The van der Waals surface area contributed by atoms with Crippen LogP contribution in [0.4, 0.5) is 0 Å². The average Bonchev–Trinajstić information content (AvgIpc) is 3.92. The molecule has 0 N–H and O–H groups in total. The fraction of sp³-hybridized carbons (Fsp3) is 0.391. The Morgan fingerprint density at radius 2 is 1.10 bits per heavy atom. The molecule has 0 amide bonds. The van der Waals surface area contributed by atoms with Gasteiger partial charge in [0.1, 0.15) is 0 Å². The Balaban J connectivity index is 0.000000736. The van der Waals surface area contributed by atoms with Crippen molar-refractivity contribution < 1.29 is 23.2 Å². The van der Waals surface area contributed by atoms with E-state index in [1.807, 2.05) is 0 Å². The first-order chi connectivity index (χ1) is 23.7. The van der Waals surface area contributed by atoms with Gasteiger partial charge in [-0.25, -0.2) is 0 Å². The number of allylic oxidation sites excluding steroid dienone is 2. The van der Waals surface area contributed by atoms with E-state index < -0.39 is 23.2 Å². The van der Waals surface area contributed by atoms with Crippen molar-refractivity contribution in [3.05, 3.63) is 130 Å². The van der Waals surface area contributed by atoms with Gasteiger partial charge < -0.3 is 0 Å². The second kappa shape index (κ2) is 16.9. The molecule has 0 nitrogen and oxygen atoms in total. The minimum absolute atomic E-state index is 0.304. The van der Waals surface area contributed by atoms with Crippen LogP contribution < -0.4 is 0 Å². The molecule has 2 atom stereocenters.